The summed E-state index contributed by atoms with van der Waals surface area (Å²) in [6, 6.07) is 3.23. The molecule has 0 aliphatic rings. The highest BCUT2D eigenvalue weighted by atomic mass is 16.5. The molecule has 0 fully saturated rings. The van der Waals surface area contributed by atoms with Crippen LogP contribution < -0.4 is 10.6 Å². The normalized spacial score (nSPS) is 11.7. The number of carbonyl (C=O) groups is 2. The number of aromatic carboxylic acids is 1. The summed E-state index contributed by atoms with van der Waals surface area (Å²) in [6.07, 6.45) is 0.706. The Morgan fingerprint density at radius 1 is 1.40 bits per heavy atom. The molecule has 1 aromatic rings. The predicted octanol–water partition coefficient (Wildman–Crippen LogP) is 1.64. The van der Waals surface area contributed by atoms with Gasteiger partial charge in [0, 0.05) is 12.8 Å². The molecule has 0 radical (unpaired) electrons. The summed E-state index contributed by atoms with van der Waals surface area (Å²) in [5.41, 5.74) is 0.0108. The third-order valence-electron chi connectivity index (χ3n) is 2.68. The minimum Gasteiger partial charge on any atom is -0.507 e. The second-order valence-corrected chi connectivity index (χ2v) is 4.20. The fraction of sp³-hybridized carbons (Fsp3) is 0.385. The number of hydrogen-bond donors (Lipinski definition) is 4. The largest absolute Gasteiger partial charge is 0.507 e. The van der Waals surface area contributed by atoms with Crippen molar-refractivity contribution in [3.63, 3.8) is 0 Å². The molecule has 1 aromatic carbocycles. The summed E-state index contributed by atoms with van der Waals surface area (Å²) in [6.45, 7) is 2.30. The molecule has 0 aromatic heterocycles. The Labute approximate surface area is 116 Å². The number of methoxy groups -OCH3 is 1. The van der Waals surface area contributed by atoms with E-state index in [1.54, 1.807) is 7.11 Å². The van der Waals surface area contributed by atoms with Crippen molar-refractivity contribution in [1.29, 1.82) is 0 Å². The minimum atomic E-state index is -1.27. The van der Waals surface area contributed by atoms with E-state index in [9.17, 15) is 14.7 Å². The van der Waals surface area contributed by atoms with Crippen LogP contribution in [0.25, 0.3) is 0 Å². The maximum Gasteiger partial charge on any atom is 0.339 e. The van der Waals surface area contributed by atoms with E-state index < -0.39 is 12.0 Å². The molecule has 7 nitrogen and oxygen atoms in total. The fourth-order valence-corrected chi connectivity index (χ4v) is 1.60. The maximum absolute atomic E-state index is 11.7. The molecule has 0 saturated heterocycles. The van der Waals surface area contributed by atoms with E-state index in [0.29, 0.717) is 13.0 Å². The van der Waals surface area contributed by atoms with E-state index in [1.807, 2.05) is 6.92 Å². The van der Waals surface area contributed by atoms with Gasteiger partial charge in [-0.05, 0) is 24.6 Å². The van der Waals surface area contributed by atoms with E-state index in [0.717, 1.165) is 0 Å². The molecule has 0 spiro atoms. The lowest BCUT2D eigenvalue weighted by atomic mass is 10.2. The summed E-state index contributed by atoms with van der Waals surface area (Å²) in [5.74, 6) is -1.62. The van der Waals surface area contributed by atoms with Crippen molar-refractivity contribution in [3.05, 3.63) is 23.8 Å². The van der Waals surface area contributed by atoms with E-state index in [4.69, 9.17) is 9.84 Å². The second kappa shape index (κ2) is 7.34. The average molecular weight is 282 g/mol. The highest BCUT2D eigenvalue weighted by Gasteiger charge is 2.13. The van der Waals surface area contributed by atoms with Crippen LogP contribution >= 0.6 is 0 Å². The fourth-order valence-electron chi connectivity index (χ4n) is 1.60. The van der Waals surface area contributed by atoms with Gasteiger partial charge in [-0.2, -0.15) is 0 Å². The van der Waals surface area contributed by atoms with E-state index in [2.05, 4.69) is 10.6 Å². The number of phenols is 1. The molecule has 0 saturated carbocycles. The number of hydrogen-bond acceptors (Lipinski definition) is 4. The van der Waals surface area contributed by atoms with Gasteiger partial charge in [0.1, 0.15) is 11.3 Å². The van der Waals surface area contributed by atoms with Crippen molar-refractivity contribution in [2.75, 3.05) is 19.0 Å². The number of benzene rings is 1. The topological polar surface area (TPSA) is 108 Å². The SMILES string of the molecule is CCC(COC)NC(=O)Nc1ccc(O)c(C(=O)O)c1. The summed E-state index contributed by atoms with van der Waals surface area (Å²) in [7, 11) is 1.54. The Morgan fingerprint density at radius 2 is 2.10 bits per heavy atom. The molecule has 1 rings (SSSR count). The molecule has 0 aliphatic carbocycles. The van der Waals surface area contributed by atoms with Crippen molar-refractivity contribution < 1.29 is 24.5 Å². The van der Waals surface area contributed by atoms with Crippen LogP contribution in [0, 0.1) is 0 Å². The smallest absolute Gasteiger partial charge is 0.339 e. The molecule has 0 heterocycles. The zero-order chi connectivity index (χ0) is 15.1. The van der Waals surface area contributed by atoms with Crippen LogP contribution in [0.2, 0.25) is 0 Å². The molecule has 7 heteroatoms. The summed E-state index contributed by atoms with van der Waals surface area (Å²) in [5, 5.41) is 23.4. The molecule has 1 atom stereocenters. The summed E-state index contributed by atoms with van der Waals surface area (Å²) < 4.78 is 4.96. The summed E-state index contributed by atoms with van der Waals surface area (Å²) in [4.78, 5) is 22.6. The number of carboxylic acids is 1. The van der Waals surface area contributed by atoms with Crippen LogP contribution in [-0.4, -0.2) is 42.0 Å². The van der Waals surface area contributed by atoms with Crippen LogP contribution in [0.3, 0.4) is 0 Å². The van der Waals surface area contributed by atoms with Crippen LogP contribution in [0.5, 0.6) is 5.75 Å². The first-order chi connectivity index (χ1) is 9.47. The van der Waals surface area contributed by atoms with Crippen LogP contribution in [0.15, 0.2) is 18.2 Å². The molecule has 1 unspecified atom stereocenters. The molecular formula is C13H18N2O5. The van der Waals surface area contributed by atoms with Gasteiger partial charge < -0.3 is 25.6 Å². The Balaban J connectivity index is 2.71. The van der Waals surface area contributed by atoms with Gasteiger partial charge in [-0.25, -0.2) is 9.59 Å². The molecule has 2 amide bonds. The number of anilines is 1. The predicted molar refractivity (Wildman–Crippen MR) is 73.2 cm³/mol. The minimum absolute atomic E-state index is 0.129. The van der Waals surface area contributed by atoms with E-state index in [1.165, 1.54) is 18.2 Å². The first-order valence-corrected chi connectivity index (χ1v) is 6.10. The van der Waals surface area contributed by atoms with E-state index in [-0.39, 0.29) is 23.0 Å². The Kier molecular flexibility index (Phi) is 5.79. The van der Waals surface area contributed by atoms with Gasteiger partial charge in [-0.1, -0.05) is 6.92 Å². The lowest BCUT2D eigenvalue weighted by molar-refractivity contribution is 0.0693. The Morgan fingerprint density at radius 3 is 2.65 bits per heavy atom. The number of carbonyl (C=O) groups excluding carboxylic acids is 1. The van der Waals surface area contributed by atoms with Crippen molar-refractivity contribution in [2.24, 2.45) is 0 Å². The monoisotopic (exact) mass is 282 g/mol. The molecule has 0 aliphatic heterocycles. The molecular weight excluding hydrogens is 264 g/mol. The van der Waals surface area contributed by atoms with E-state index >= 15 is 0 Å². The van der Waals surface area contributed by atoms with Gasteiger partial charge in [0.05, 0.1) is 12.6 Å². The zero-order valence-corrected chi connectivity index (χ0v) is 11.3. The number of urea groups is 1. The van der Waals surface area contributed by atoms with Gasteiger partial charge in [0.15, 0.2) is 0 Å². The number of carboxylic acid groups (broad SMARTS) is 1. The second-order valence-electron chi connectivity index (χ2n) is 4.20. The number of aromatic hydroxyl groups is 1. The number of rotatable bonds is 6. The van der Waals surface area contributed by atoms with Crippen LogP contribution in [0.1, 0.15) is 23.7 Å². The number of ether oxygens (including phenoxy) is 1. The molecule has 110 valence electrons. The Bertz CT molecular complexity index is 490. The van der Waals surface area contributed by atoms with Gasteiger partial charge in [0.25, 0.3) is 0 Å². The highest BCUT2D eigenvalue weighted by Crippen LogP contribution is 2.21. The van der Waals surface area contributed by atoms with Gasteiger partial charge >= 0.3 is 12.0 Å². The van der Waals surface area contributed by atoms with Gasteiger partial charge in [0.2, 0.25) is 0 Å². The lowest BCUT2D eigenvalue weighted by Crippen LogP contribution is -2.40. The van der Waals surface area contributed by atoms with Crippen LogP contribution in [0.4, 0.5) is 10.5 Å². The Hall–Kier alpha value is -2.28. The first-order valence-electron chi connectivity index (χ1n) is 6.10. The van der Waals surface area contributed by atoms with Gasteiger partial charge in [-0.3, -0.25) is 0 Å². The third kappa shape index (κ3) is 4.43. The quantitative estimate of drug-likeness (QED) is 0.593. The van der Waals surface area contributed by atoms with Crippen molar-refractivity contribution >= 4 is 17.7 Å². The molecule has 0 bridgehead atoms. The maximum atomic E-state index is 11.7. The van der Waals surface area contributed by atoms with Crippen molar-refractivity contribution in [3.8, 4) is 5.75 Å². The van der Waals surface area contributed by atoms with Crippen molar-refractivity contribution in [1.82, 2.24) is 5.32 Å². The average Bonchev–Trinajstić information content (AvgIpc) is 2.40. The zero-order valence-electron chi connectivity index (χ0n) is 11.3. The van der Waals surface area contributed by atoms with Gasteiger partial charge in [-0.15, -0.1) is 0 Å². The van der Waals surface area contributed by atoms with Crippen molar-refractivity contribution in [2.45, 2.75) is 19.4 Å². The lowest BCUT2D eigenvalue weighted by Gasteiger charge is -2.16. The standard InChI is InChI=1S/C13H18N2O5/c1-3-8(7-20-2)14-13(19)15-9-4-5-11(16)10(6-9)12(17)18/h4-6,8,16H,3,7H2,1-2H3,(H,17,18)(H2,14,15,19). The first kappa shape index (κ1) is 15.8. The molecule has 20 heavy (non-hydrogen) atoms. The summed E-state index contributed by atoms with van der Waals surface area (Å²) >= 11 is 0. The number of amides is 2. The number of nitrogens with one attached hydrogen (secondary N) is 2. The highest BCUT2D eigenvalue weighted by molar-refractivity contribution is 5.95. The molecule has 4 N–H and O–H groups in total. The van der Waals surface area contributed by atoms with Crippen LogP contribution in [-0.2, 0) is 4.74 Å². The third-order valence-corrected chi connectivity index (χ3v) is 2.68.